The molecule has 1 aromatic rings. The summed E-state index contributed by atoms with van der Waals surface area (Å²) in [5.74, 6) is -0.875. The molecule has 0 spiro atoms. The Morgan fingerprint density at radius 2 is 2.20 bits per heavy atom. The van der Waals surface area contributed by atoms with Crippen LogP contribution in [0.25, 0.3) is 0 Å². The van der Waals surface area contributed by atoms with Crippen LogP contribution in [-0.4, -0.2) is 16.9 Å². The van der Waals surface area contributed by atoms with E-state index in [0.717, 1.165) is 14.2 Å². The molecule has 1 heterocycles. The number of aryl methyl sites for hydroxylation is 1. The largest absolute Gasteiger partial charge is 0.481 e. The molecule has 80 valence electrons. The molecule has 0 aromatic carbocycles. The minimum absolute atomic E-state index is 0.0235. The normalized spacial score (nSPS) is 18.7. The molecular formula is C10H9BrO3S. The molecule has 3 nitrogen and oxygen atoms in total. The van der Waals surface area contributed by atoms with Gasteiger partial charge in [0.2, 0.25) is 0 Å². The molecular weight excluding hydrogens is 280 g/mol. The summed E-state index contributed by atoms with van der Waals surface area (Å²) < 4.78 is 0.805. The van der Waals surface area contributed by atoms with Gasteiger partial charge in [-0.3, -0.25) is 9.59 Å². The first-order valence-corrected chi connectivity index (χ1v) is 6.08. The number of hydrogen-bond donors (Lipinski definition) is 1. The summed E-state index contributed by atoms with van der Waals surface area (Å²) in [6.07, 6.45) is 0.252. The van der Waals surface area contributed by atoms with Crippen molar-refractivity contribution in [2.75, 3.05) is 0 Å². The Bertz CT molecular complexity index is 442. The molecule has 1 aliphatic rings. The van der Waals surface area contributed by atoms with E-state index in [9.17, 15) is 14.7 Å². The Hall–Kier alpha value is -0.680. The number of carbonyl (C=O) groups excluding carboxylic acids is 1. The molecule has 0 amide bonds. The van der Waals surface area contributed by atoms with Crippen molar-refractivity contribution in [2.45, 2.75) is 25.2 Å². The predicted octanol–water partition coefficient (Wildman–Crippen LogP) is 2.50. The summed E-state index contributed by atoms with van der Waals surface area (Å²) in [5.41, 5.74) is -0.963. The second kappa shape index (κ2) is 3.42. The Morgan fingerprint density at radius 1 is 1.60 bits per heavy atom. The van der Waals surface area contributed by atoms with Gasteiger partial charge in [-0.05, 0) is 28.9 Å². The first kappa shape index (κ1) is 10.8. The van der Waals surface area contributed by atoms with Crippen LogP contribution in [0.1, 0.15) is 22.6 Å². The minimum Gasteiger partial charge on any atom is -0.481 e. The summed E-state index contributed by atoms with van der Waals surface area (Å²) in [4.78, 5) is 24.1. The first-order chi connectivity index (χ1) is 6.95. The van der Waals surface area contributed by atoms with E-state index < -0.39 is 11.4 Å². The van der Waals surface area contributed by atoms with Gasteiger partial charge in [0, 0.05) is 27.1 Å². The summed E-state index contributed by atoms with van der Waals surface area (Å²) in [7, 11) is 0. The molecule has 0 atom stereocenters. The fourth-order valence-electron chi connectivity index (χ4n) is 1.84. The van der Waals surface area contributed by atoms with Crippen LogP contribution in [0.4, 0.5) is 0 Å². The average Bonchev–Trinajstić information content (AvgIpc) is 2.39. The molecule has 1 N–H and O–H groups in total. The first-order valence-electron chi connectivity index (χ1n) is 4.47. The van der Waals surface area contributed by atoms with Crippen LogP contribution in [0.3, 0.4) is 0 Å². The van der Waals surface area contributed by atoms with Gasteiger partial charge in [0.25, 0.3) is 0 Å². The molecule has 0 bridgehead atoms. The van der Waals surface area contributed by atoms with E-state index in [-0.39, 0.29) is 18.6 Å². The van der Waals surface area contributed by atoms with Gasteiger partial charge in [-0.15, -0.1) is 11.3 Å². The molecule has 1 fully saturated rings. The van der Waals surface area contributed by atoms with Crippen molar-refractivity contribution in [2.24, 2.45) is 0 Å². The molecule has 0 radical (unpaired) electrons. The van der Waals surface area contributed by atoms with E-state index in [2.05, 4.69) is 15.9 Å². The highest BCUT2D eigenvalue weighted by atomic mass is 79.9. The SMILES string of the molecule is Cc1cc(Br)c(C2(C(=O)O)CC(=O)C2)s1. The van der Waals surface area contributed by atoms with E-state index in [1.54, 1.807) is 0 Å². The molecule has 1 aromatic heterocycles. The molecule has 1 saturated carbocycles. The Morgan fingerprint density at radius 3 is 2.53 bits per heavy atom. The zero-order valence-corrected chi connectivity index (χ0v) is 10.4. The summed E-state index contributed by atoms with van der Waals surface area (Å²) in [6.45, 7) is 1.93. The van der Waals surface area contributed by atoms with Gasteiger partial charge in [-0.1, -0.05) is 0 Å². The lowest BCUT2D eigenvalue weighted by Gasteiger charge is -2.35. The van der Waals surface area contributed by atoms with Gasteiger partial charge in [-0.25, -0.2) is 0 Å². The van der Waals surface area contributed by atoms with Crippen molar-refractivity contribution in [3.05, 3.63) is 20.3 Å². The fourth-order valence-corrected chi connectivity index (χ4v) is 4.04. The van der Waals surface area contributed by atoms with Crippen LogP contribution in [0.15, 0.2) is 10.5 Å². The number of thiophene rings is 1. The van der Waals surface area contributed by atoms with Crippen molar-refractivity contribution >= 4 is 39.0 Å². The number of hydrogen-bond acceptors (Lipinski definition) is 3. The van der Waals surface area contributed by atoms with Crippen molar-refractivity contribution in [3.8, 4) is 0 Å². The van der Waals surface area contributed by atoms with Crippen LogP contribution in [0.2, 0.25) is 0 Å². The number of rotatable bonds is 2. The number of ketones is 1. The maximum atomic E-state index is 11.2. The maximum absolute atomic E-state index is 11.2. The quantitative estimate of drug-likeness (QED) is 0.910. The minimum atomic E-state index is -0.963. The highest BCUT2D eigenvalue weighted by Crippen LogP contribution is 2.47. The van der Waals surface area contributed by atoms with Crippen LogP contribution in [-0.2, 0) is 15.0 Å². The lowest BCUT2D eigenvalue weighted by molar-refractivity contribution is -0.153. The van der Waals surface area contributed by atoms with Gasteiger partial charge in [0.05, 0.1) is 0 Å². The molecule has 0 unspecified atom stereocenters. The fraction of sp³-hybridized carbons (Fsp3) is 0.400. The van der Waals surface area contributed by atoms with Crippen LogP contribution in [0.5, 0.6) is 0 Å². The van der Waals surface area contributed by atoms with Gasteiger partial charge in [0.15, 0.2) is 0 Å². The molecule has 5 heteroatoms. The maximum Gasteiger partial charge on any atom is 0.315 e. The van der Waals surface area contributed by atoms with E-state index in [1.165, 1.54) is 11.3 Å². The van der Waals surface area contributed by atoms with Gasteiger partial charge in [0.1, 0.15) is 11.2 Å². The number of aliphatic carboxylic acids is 1. The highest BCUT2D eigenvalue weighted by Gasteiger charge is 2.53. The average molecular weight is 289 g/mol. The number of carboxylic acids is 1. The van der Waals surface area contributed by atoms with Crippen LogP contribution < -0.4 is 0 Å². The smallest absolute Gasteiger partial charge is 0.315 e. The molecule has 0 aliphatic heterocycles. The molecule has 15 heavy (non-hydrogen) atoms. The third-order valence-corrected chi connectivity index (χ3v) is 4.79. The number of halogens is 1. The molecule has 0 saturated heterocycles. The summed E-state index contributed by atoms with van der Waals surface area (Å²) in [6, 6.07) is 1.90. The van der Waals surface area contributed by atoms with E-state index >= 15 is 0 Å². The van der Waals surface area contributed by atoms with E-state index in [0.29, 0.717) is 0 Å². The predicted molar refractivity (Wildman–Crippen MR) is 60.3 cm³/mol. The highest BCUT2D eigenvalue weighted by molar-refractivity contribution is 9.10. The lowest BCUT2D eigenvalue weighted by Crippen LogP contribution is -2.47. The van der Waals surface area contributed by atoms with Crippen LogP contribution >= 0.6 is 27.3 Å². The van der Waals surface area contributed by atoms with Crippen molar-refractivity contribution < 1.29 is 14.7 Å². The second-order valence-corrected chi connectivity index (χ2v) is 5.92. The number of carboxylic acid groups (broad SMARTS) is 1. The zero-order chi connectivity index (χ0) is 11.2. The summed E-state index contributed by atoms with van der Waals surface area (Å²) in [5, 5.41) is 9.22. The van der Waals surface area contributed by atoms with Gasteiger partial charge >= 0.3 is 5.97 Å². The Kier molecular flexibility index (Phi) is 2.47. The van der Waals surface area contributed by atoms with Crippen molar-refractivity contribution in [3.63, 3.8) is 0 Å². The van der Waals surface area contributed by atoms with Crippen LogP contribution in [0, 0.1) is 6.92 Å². The van der Waals surface area contributed by atoms with Gasteiger partial charge in [-0.2, -0.15) is 0 Å². The monoisotopic (exact) mass is 288 g/mol. The van der Waals surface area contributed by atoms with E-state index in [1.807, 2.05) is 13.0 Å². The topological polar surface area (TPSA) is 54.4 Å². The lowest BCUT2D eigenvalue weighted by atomic mass is 9.67. The van der Waals surface area contributed by atoms with Gasteiger partial charge < -0.3 is 5.11 Å². The van der Waals surface area contributed by atoms with Crippen molar-refractivity contribution in [1.29, 1.82) is 0 Å². The van der Waals surface area contributed by atoms with Crippen molar-refractivity contribution in [1.82, 2.24) is 0 Å². The Labute approximate surface area is 99.2 Å². The van der Waals surface area contributed by atoms with E-state index in [4.69, 9.17) is 0 Å². The third kappa shape index (κ3) is 1.54. The zero-order valence-electron chi connectivity index (χ0n) is 8.04. The Balaban J connectivity index is 2.47. The second-order valence-electron chi connectivity index (χ2n) is 3.81. The number of Topliss-reactive ketones (excluding diaryl/α,β-unsaturated/α-hetero) is 1. The third-order valence-electron chi connectivity index (χ3n) is 2.65. The standard InChI is InChI=1S/C10H9BrO3S/c1-5-2-7(11)8(15-5)10(9(13)14)3-6(12)4-10/h2H,3-4H2,1H3,(H,13,14). The molecule has 1 aliphatic carbocycles. The summed E-state index contributed by atoms with van der Waals surface area (Å²) >= 11 is 4.80. The molecule has 2 rings (SSSR count). The number of carbonyl (C=O) groups is 2.